The summed E-state index contributed by atoms with van der Waals surface area (Å²) in [4.78, 5) is 10.4. The Hall–Kier alpha value is -1.80. The van der Waals surface area contributed by atoms with Crippen LogP contribution in [0.4, 0.5) is 0 Å². The van der Waals surface area contributed by atoms with Crippen LogP contribution in [0.3, 0.4) is 0 Å². The molecule has 2 rings (SSSR count). The standard InChI is InChI=1S/C15H13ClO2/c16-15-4-2-1-3-13(15)11-18-14-7-5-12(6-8-14)9-10-17/h1-8,10H,9,11H2. The molecule has 2 aromatic carbocycles. The molecule has 0 unspecified atom stereocenters. The third kappa shape index (κ3) is 3.34. The molecule has 0 amide bonds. The highest BCUT2D eigenvalue weighted by Gasteiger charge is 2.00. The van der Waals surface area contributed by atoms with Gasteiger partial charge in [-0.1, -0.05) is 41.9 Å². The fourth-order valence-corrected chi connectivity index (χ4v) is 1.78. The van der Waals surface area contributed by atoms with Gasteiger partial charge >= 0.3 is 0 Å². The molecule has 0 aliphatic carbocycles. The summed E-state index contributed by atoms with van der Waals surface area (Å²) in [5, 5.41) is 0.704. The molecule has 0 radical (unpaired) electrons. The molecule has 0 atom stereocenters. The summed E-state index contributed by atoms with van der Waals surface area (Å²) in [5.41, 5.74) is 1.94. The molecule has 0 fully saturated rings. The number of benzene rings is 2. The summed E-state index contributed by atoms with van der Waals surface area (Å²) in [6.45, 7) is 0.437. The summed E-state index contributed by atoms with van der Waals surface area (Å²) in [7, 11) is 0. The lowest BCUT2D eigenvalue weighted by molar-refractivity contribution is -0.107. The van der Waals surface area contributed by atoms with Crippen molar-refractivity contribution in [3.05, 3.63) is 64.7 Å². The van der Waals surface area contributed by atoms with Gasteiger partial charge in [-0.15, -0.1) is 0 Å². The van der Waals surface area contributed by atoms with E-state index in [1.807, 2.05) is 48.5 Å². The Morgan fingerprint density at radius 1 is 1.06 bits per heavy atom. The summed E-state index contributed by atoms with van der Waals surface area (Å²) in [5.74, 6) is 0.768. The zero-order valence-electron chi connectivity index (χ0n) is 9.80. The van der Waals surface area contributed by atoms with E-state index in [-0.39, 0.29) is 0 Å². The molecule has 0 aliphatic heterocycles. The number of hydrogen-bond acceptors (Lipinski definition) is 2. The topological polar surface area (TPSA) is 26.3 Å². The van der Waals surface area contributed by atoms with Crippen LogP contribution in [0.5, 0.6) is 5.75 Å². The van der Waals surface area contributed by atoms with Gasteiger partial charge in [0.05, 0.1) is 0 Å². The molecule has 92 valence electrons. The van der Waals surface area contributed by atoms with E-state index < -0.39 is 0 Å². The Morgan fingerprint density at radius 3 is 2.44 bits per heavy atom. The number of ether oxygens (including phenoxy) is 1. The summed E-state index contributed by atoms with van der Waals surface area (Å²) in [6, 6.07) is 15.1. The second-order valence-electron chi connectivity index (χ2n) is 3.89. The molecule has 0 saturated carbocycles. The number of rotatable bonds is 5. The van der Waals surface area contributed by atoms with Crippen LogP contribution in [0, 0.1) is 0 Å². The van der Waals surface area contributed by atoms with Gasteiger partial charge in [0.25, 0.3) is 0 Å². The first kappa shape index (κ1) is 12.7. The zero-order valence-corrected chi connectivity index (χ0v) is 10.6. The molecule has 0 aromatic heterocycles. The van der Waals surface area contributed by atoms with Crippen molar-refractivity contribution in [2.45, 2.75) is 13.0 Å². The van der Waals surface area contributed by atoms with Crippen LogP contribution in [0.2, 0.25) is 5.02 Å². The van der Waals surface area contributed by atoms with Crippen molar-refractivity contribution >= 4 is 17.9 Å². The molecule has 2 nitrogen and oxygen atoms in total. The minimum absolute atomic E-state index is 0.435. The number of aldehydes is 1. The number of hydrogen-bond donors (Lipinski definition) is 0. The van der Waals surface area contributed by atoms with Crippen LogP contribution in [0.25, 0.3) is 0 Å². The van der Waals surface area contributed by atoms with Crippen LogP contribution in [-0.4, -0.2) is 6.29 Å². The Balaban J connectivity index is 1.98. The largest absolute Gasteiger partial charge is 0.489 e. The van der Waals surface area contributed by atoms with Gasteiger partial charge < -0.3 is 9.53 Å². The Morgan fingerprint density at radius 2 is 1.78 bits per heavy atom. The molecular weight excluding hydrogens is 248 g/mol. The molecule has 3 heteroatoms. The van der Waals surface area contributed by atoms with E-state index in [9.17, 15) is 4.79 Å². The van der Waals surface area contributed by atoms with Crippen LogP contribution in [0.1, 0.15) is 11.1 Å². The van der Waals surface area contributed by atoms with Crippen LogP contribution >= 0.6 is 11.6 Å². The van der Waals surface area contributed by atoms with Gasteiger partial charge in [-0.3, -0.25) is 0 Å². The first-order valence-corrected chi connectivity index (χ1v) is 6.06. The van der Waals surface area contributed by atoms with E-state index >= 15 is 0 Å². The average Bonchev–Trinajstić information content (AvgIpc) is 2.40. The molecule has 0 saturated heterocycles. The normalized spacial score (nSPS) is 10.1. The van der Waals surface area contributed by atoms with Gasteiger partial charge in [0, 0.05) is 17.0 Å². The first-order valence-electron chi connectivity index (χ1n) is 5.68. The van der Waals surface area contributed by atoms with E-state index in [2.05, 4.69) is 0 Å². The third-order valence-electron chi connectivity index (χ3n) is 2.59. The van der Waals surface area contributed by atoms with Gasteiger partial charge in [-0.2, -0.15) is 0 Å². The molecule has 0 N–H and O–H groups in total. The van der Waals surface area contributed by atoms with Crippen molar-refractivity contribution in [2.75, 3.05) is 0 Å². The van der Waals surface area contributed by atoms with E-state index in [4.69, 9.17) is 16.3 Å². The minimum atomic E-state index is 0.435. The summed E-state index contributed by atoms with van der Waals surface area (Å²) < 4.78 is 5.63. The van der Waals surface area contributed by atoms with Gasteiger partial charge in [0.2, 0.25) is 0 Å². The third-order valence-corrected chi connectivity index (χ3v) is 2.96. The molecule has 2 aromatic rings. The average molecular weight is 261 g/mol. The Kier molecular flexibility index (Phi) is 4.37. The maximum atomic E-state index is 10.4. The maximum absolute atomic E-state index is 10.4. The van der Waals surface area contributed by atoms with Crippen molar-refractivity contribution in [1.29, 1.82) is 0 Å². The van der Waals surface area contributed by atoms with Crippen LogP contribution in [0.15, 0.2) is 48.5 Å². The monoisotopic (exact) mass is 260 g/mol. The highest BCUT2D eigenvalue weighted by atomic mass is 35.5. The highest BCUT2D eigenvalue weighted by Crippen LogP contribution is 2.18. The van der Waals surface area contributed by atoms with Gasteiger partial charge in [0.1, 0.15) is 18.6 Å². The lowest BCUT2D eigenvalue weighted by atomic mass is 10.2. The summed E-state index contributed by atoms with van der Waals surface area (Å²) >= 11 is 6.04. The number of carbonyl (C=O) groups is 1. The predicted octanol–water partition coefficient (Wildman–Crippen LogP) is 3.66. The molecule has 18 heavy (non-hydrogen) atoms. The summed E-state index contributed by atoms with van der Waals surface area (Å²) in [6.07, 6.45) is 1.32. The Labute approximate surface area is 111 Å². The van der Waals surface area contributed by atoms with E-state index in [1.54, 1.807) is 0 Å². The molecular formula is C15H13ClO2. The zero-order chi connectivity index (χ0) is 12.8. The molecule has 0 bridgehead atoms. The van der Waals surface area contributed by atoms with Crippen molar-refractivity contribution < 1.29 is 9.53 Å². The van der Waals surface area contributed by atoms with Crippen LogP contribution in [-0.2, 0) is 17.8 Å². The fourth-order valence-electron chi connectivity index (χ4n) is 1.59. The lowest BCUT2D eigenvalue weighted by Crippen LogP contribution is -1.96. The number of halogens is 1. The van der Waals surface area contributed by atoms with Crippen molar-refractivity contribution in [3.63, 3.8) is 0 Å². The van der Waals surface area contributed by atoms with Gasteiger partial charge in [-0.25, -0.2) is 0 Å². The van der Waals surface area contributed by atoms with Crippen molar-refractivity contribution in [3.8, 4) is 5.75 Å². The molecule has 0 aliphatic rings. The van der Waals surface area contributed by atoms with Gasteiger partial charge in [0.15, 0.2) is 0 Å². The fraction of sp³-hybridized carbons (Fsp3) is 0.133. The molecule has 0 spiro atoms. The minimum Gasteiger partial charge on any atom is -0.489 e. The van der Waals surface area contributed by atoms with E-state index in [0.717, 1.165) is 23.2 Å². The quantitative estimate of drug-likeness (QED) is 0.767. The highest BCUT2D eigenvalue weighted by molar-refractivity contribution is 6.31. The predicted molar refractivity (Wildman–Crippen MR) is 72.0 cm³/mol. The van der Waals surface area contributed by atoms with Crippen molar-refractivity contribution in [2.24, 2.45) is 0 Å². The smallest absolute Gasteiger partial charge is 0.124 e. The lowest BCUT2D eigenvalue weighted by Gasteiger charge is -2.08. The number of carbonyl (C=O) groups excluding carboxylic acids is 1. The van der Waals surface area contributed by atoms with E-state index in [0.29, 0.717) is 18.1 Å². The molecule has 0 heterocycles. The second kappa shape index (κ2) is 6.22. The van der Waals surface area contributed by atoms with Crippen LogP contribution < -0.4 is 4.74 Å². The second-order valence-corrected chi connectivity index (χ2v) is 4.30. The first-order chi connectivity index (χ1) is 8.79. The van der Waals surface area contributed by atoms with E-state index in [1.165, 1.54) is 0 Å². The Bertz CT molecular complexity index is 520. The van der Waals surface area contributed by atoms with Gasteiger partial charge in [-0.05, 0) is 23.8 Å². The van der Waals surface area contributed by atoms with Crippen molar-refractivity contribution in [1.82, 2.24) is 0 Å². The maximum Gasteiger partial charge on any atom is 0.124 e. The SMILES string of the molecule is O=CCc1ccc(OCc2ccccc2Cl)cc1.